The number of rotatable bonds is 3. The maximum atomic E-state index is 12.9. The van der Waals surface area contributed by atoms with Crippen LogP contribution >= 0.6 is 0 Å². The Hall–Kier alpha value is -1.32. The average molecular weight is 302 g/mol. The zero-order valence-corrected chi connectivity index (χ0v) is 13.8. The minimum atomic E-state index is 0.0319. The van der Waals surface area contributed by atoms with Crippen molar-refractivity contribution < 1.29 is 9.32 Å². The molecule has 1 amide bonds. The van der Waals surface area contributed by atoms with Gasteiger partial charge in [0.25, 0.3) is 5.91 Å². The van der Waals surface area contributed by atoms with Gasteiger partial charge in [0.05, 0.1) is 5.69 Å². The molecule has 0 aromatic carbocycles. The summed E-state index contributed by atoms with van der Waals surface area (Å²) < 4.78 is 5.39. The van der Waals surface area contributed by atoms with Crippen molar-refractivity contribution in [2.24, 2.45) is 17.8 Å². The molecule has 4 fully saturated rings. The van der Waals surface area contributed by atoms with Crippen LogP contribution in [0.25, 0.3) is 0 Å². The Bertz CT molecular complexity index is 567. The third-order valence-corrected chi connectivity index (χ3v) is 6.06. The molecule has 5 rings (SSSR count). The average Bonchev–Trinajstić information content (AvgIpc) is 2.78. The van der Waals surface area contributed by atoms with Gasteiger partial charge in [0, 0.05) is 11.5 Å². The molecule has 0 atom stereocenters. The van der Waals surface area contributed by atoms with Crippen LogP contribution in [0.3, 0.4) is 0 Å². The Labute approximate surface area is 132 Å². The van der Waals surface area contributed by atoms with Crippen molar-refractivity contribution in [2.45, 2.75) is 70.8 Å². The largest absolute Gasteiger partial charge is 0.360 e. The predicted octanol–water partition coefficient (Wildman–Crippen LogP) is 3.81. The molecule has 0 saturated heterocycles. The number of aromatic nitrogens is 1. The Morgan fingerprint density at radius 2 is 1.73 bits per heavy atom. The monoisotopic (exact) mass is 302 g/mol. The molecule has 1 N–H and O–H groups in total. The van der Waals surface area contributed by atoms with Crippen molar-refractivity contribution in [2.75, 3.05) is 0 Å². The van der Waals surface area contributed by atoms with Gasteiger partial charge in [-0.1, -0.05) is 19.0 Å². The lowest BCUT2D eigenvalue weighted by Gasteiger charge is -2.56. The molecule has 120 valence electrons. The summed E-state index contributed by atoms with van der Waals surface area (Å²) in [6, 6.07) is 0. The van der Waals surface area contributed by atoms with Crippen LogP contribution < -0.4 is 5.32 Å². The quantitative estimate of drug-likeness (QED) is 0.924. The lowest BCUT2D eigenvalue weighted by atomic mass is 9.53. The van der Waals surface area contributed by atoms with Crippen molar-refractivity contribution in [3.05, 3.63) is 17.0 Å². The minimum Gasteiger partial charge on any atom is -0.360 e. The fourth-order valence-corrected chi connectivity index (χ4v) is 5.62. The number of aryl methyl sites for hydroxylation is 1. The third kappa shape index (κ3) is 2.19. The summed E-state index contributed by atoms with van der Waals surface area (Å²) in [5.41, 5.74) is 1.43. The standard InChI is InChI=1S/C18H26N2O2/c1-10(2)16-15(11(3)20-22-16)17(21)19-18-7-12-4-13(8-18)6-14(5-12)9-18/h10,12-14H,4-9H2,1-3H3,(H,19,21). The van der Waals surface area contributed by atoms with Crippen LogP contribution in [0.2, 0.25) is 0 Å². The smallest absolute Gasteiger partial charge is 0.257 e. The van der Waals surface area contributed by atoms with E-state index in [2.05, 4.69) is 10.5 Å². The predicted molar refractivity (Wildman–Crippen MR) is 83.7 cm³/mol. The SMILES string of the molecule is Cc1noc(C(C)C)c1C(=O)NC12CC3CC(CC(C3)C1)C2. The fraction of sp³-hybridized carbons (Fsp3) is 0.778. The van der Waals surface area contributed by atoms with E-state index < -0.39 is 0 Å². The van der Waals surface area contributed by atoms with Gasteiger partial charge in [0.15, 0.2) is 5.76 Å². The van der Waals surface area contributed by atoms with E-state index in [1.807, 2.05) is 20.8 Å². The molecule has 0 radical (unpaired) electrons. The van der Waals surface area contributed by atoms with Crippen molar-refractivity contribution in [3.63, 3.8) is 0 Å². The zero-order chi connectivity index (χ0) is 15.5. The minimum absolute atomic E-state index is 0.0319. The van der Waals surface area contributed by atoms with E-state index in [-0.39, 0.29) is 17.4 Å². The Kier molecular flexibility index (Phi) is 3.14. The second-order valence-electron chi connectivity index (χ2n) is 8.31. The van der Waals surface area contributed by atoms with E-state index in [1.165, 1.54) is 38.5 Å². The van der Waals surface area contributed by atoms with Gasteiger partial charge >= 0.3 is 0 Å². The Morgan fingerprint density at radius 1 is 1.18 bits per heavy atom. The number of hydrogen-bond donors (Lipinski definition) is 1. The van der Waals surface area contributed by atoms with Crippen LogP contribution in [0, 0.1) is 24.7 Å². The summed E-state index contributed by atoms with van der Waals surface area (Å²) in [7, 11) is 0. The van der Waals surface area contributed by atoms with Crippen LogP contribution in [0.1, 0.15) is 80.1 Å². The summed E-state index contributed by atoms with van der Waals surface area (Å²) >= 11 is 0. The molecule has 4 nitrogen and oxygen atoms in total. The lowest BCUT2D eigenvalue weighted by molar-refractivity contribution is -0.0167. The van der Waals surface area contributed by atoms with Crippen LogP contribution in [0.5, 0.6) is 0 Å². The van der Waals surface area contributed by atoms with Gasteiger partial charge in [0.1, 0.15) is 5.56 Å². The summed E-state index contributed by atoms with van der Waals surface area (Å²) in [4.78, 5) is 12.9. The summed E-state index contributed by atoms with van der Waals surface area (Å²) in [5.74, 6) is 3.43. The Balaban J connectivity index is 1.59. The molecule has 4 bridgehead atoms. The topological polar surface area (TPSA) is 55.1 Å². The first kappa shape index (κ1) is 14.3. The van der Waals surface area contributed by atoms with Crippen molar-refractivity contribution >= 4 is 5.91 Å². The molecule has 4 aliphatic rings. The molecule has 4 saturated carbocycles. The van der Waals surface area contributed by atoms with E-state index in [0.717, 1.165) is 23.5 Å². The number of carbonyl (C=O) groups is 1. The molecule has 1 heterocycles. The molecule has 0 aliphatic heterocycles. The molecule has 4 aliphatic carbocycles. The van der Waals surface area contributed by atoms with Crippen LogP contribution in [-0.4, -0.2) is 16.6 Å². The van der Waals surface area contributed by atoms with Crippen LogP contribution in [0.15, 0.2) is 4.52 Å². The van der Waals surface area contributed by atoms with E-state index in [9.17, 15) is 4.79 Å². The van der Waals surface area contributed by atoms with Crippen LogP contribution in [0.4, 0.5) is 0 Å². The molecule has 4 heteroatoms. The Morgan fingerprint density at radius 3 is 2.23 bits per heavy atom. The fourth-order valence-electron chi connectivity index (χ4n) is 5.62. The van der Waals surface area contributed by atoms with Gasteiger partial charge in [-0.2, -0.15) is 0 Å². The summed E-state index contributed by atoms with van der Waals surface area (Å²) in [6.45, 7) is 5.95. The van der Waals surface area contributed by atoms with Gasteiger partial charge < -0.3 is 9.84 Å². The third-order valence-electron chi connectivity index (χ3n) is 6.06. The molecule has 1 aromatic rings. The molecule has 0 unspecified atom stereocenters. The van der Waals surface area contributed by atoms with E-state index in [4.69, 9.17) is 4.52 Å². The van der Waals surface area contributed by atoms with E-state index in [0.29, 0.717) is 11.3 Å². The zero-order valence-electron chi connectivity index (χ0n) is 13.8. The highest BCUT2D eigenvalue weighted by atomic mass is 16.5. The van der Waals surface area contributed by atoms with Crippen molar-refractivity contribution in [3.8, 4) is 0 Å². The summed E-state index contributed by atoms with van der Waals surface area (Å²) in [6.07, 6.45) is 7.68. The number of nitrogens with one attached hydrogen (secondary N) is 1. The second kappa shape index (κ2) is 4.84. The highest BCUT2D eigenvalue weighted by Gasteiger charge is 2.51. The van der Waals surface area contributed by atoms with E-state index in [1.54, 1.807) is 0 Å². The molecule has 22 heavy (non-hydrogen) atoms. The first-order chi connectivity index (χ1) is 10.5. The highest BCUT2D eigenvalue weighted by Crippen LogP contribution is 2.55. The highest BCUT2D eigenvalue weighted by molar-refractivity contribution is 5.96. The number of carbonyl (C=O) groups excluding carboxylic acids is 1. The number of amides is 1. The second-order valence-corrected chi connectivity index (χ2v) is 8.31. The van der Waals surface area contributed by atoms with Gasteiger partial charge in [0.2, 0.25) is 0 Å². The molecule has 1 aromatic heterocycles. The molecular weight excluding hydrogens is 276 g/mol. The summed E-state index contributed by atoms with van der Waals surface area (Å²) in [5, 5.41) is 7.44. The van der Waals surface area contributed by atoms with Gasteiger partial charge in [-0.05, 0) is 63.2 Å². The molecular formula is C18H26N2O2. The maximum Gasteiger partial charge on any atom is 0.257 e. The first-order valence-electron chi connectivity index (χ1n) is 8.74. The van der Waals surface area contributed by atoms with Gasteiger partial charge in [-0.15, -0.1) is 0 Å². The van der Waals surface area contributed by atoms with E-state index >= 15 is 0 Å². The number of hydrogen-bond acceptors (Lipinski definition) is 3. The lowest BCUT2D eigenvalue weighted by Crippen LogP contribution is -2.59. The normalized spacial score (nSPS) is 36.1. The van der Waals surface area contributed by atoms with Crippen LogP contribution in [-0.2, 0) is 0 Å². The van der Waals surface area contributed by atoms with Crippen molar-refractivity contribution in [1.82, 2.24) is 10.5 Å². The van der Waals surface area contributed by atoms with Gasteiger partial charge in [-0.25, -0.2) is 0 Å². The van der Waals surface area contributed by atoms with Gasteiger partial charge in [-0.3, -0.25) is 4.79 Å². The van der Waals surface area contributed by atoms with Crippen molar-refractivity contribution in [1.29, 1.82) is 0 Å². The first-order valence-corrected chi connectivity index (χ1v) is 8.74. The number of nitrogens with zero attached hydrogens (tertiary/aromatic N) is 1. The molecule has 0 spiro atoms. The maximum absolute atomic E-state index is 12.9.